The van der Waals surface area contributed by atoms with E-state index in [1.54, 1.807) is 18.2 Å². The molecule has 1 N–H and O–H groups in total. The average molecular weight is 521 g/mol. The number of hydrogen-bond donors (Lipinski definition) is 1. The summed E-state index contributed by atoms with van der Waals surface area (Å²) in [6.45, 7) is 5.54. The van der Waals surface area contributed by atoms with Crippen molar-refractivity contribution in [3.8, 4) is 17.1 Å². The van der Waals surface area contributed by atoms with Crippen molar-refractivity contribution in [1.29, 1.82) is 0 Å². The molecule has 3 aromatic rings. The Bertz CT molecular complexity index is 1260. The number of aromatic nitrogens is 3. The summed E-state index contributed by atoms with van der Waals surface area (Å²) in [5.74, 6) is -0.0891. The van der Waals surface area contributed by atoms with Gasteiger partial charge in [-0.05, 0) is 62.4 Å². The van der Waals surface area contributed by atoms with E-state index in [0.29, 0.717) is 43.1 Å². The Morgan fingerprint density at radius 3 is 2.64 bits per heavy atom. The van der Waals surface area contributed by atoms with Crippen LogP contribution in [0.5, 0.6) is 5.88 Å². The predicted molar refractivity (Wildman–Crippen MR) is 128 cm³/mol. The zero-order chi connectivity index (χ0) is 25.9. The molecule has 0 unspecified atom stereocenters. The van der Waals surface area contributed by atoms with Crippen LogP contribution in [0.4, 0.5) is 18.9 Å². The van der Waals surface area contributed by atoms with E-state index in [2.05, 4.69) is 20.5 Å². The third-order valence-corrected chi connectivity index (χ3v) is 6.20. The van der Waals surface area contributed by atoms with Crippen LogP contribution in [0.2, 0.25) is 5.02 Å². The maximum Gasteiger partial charge on any atom is 0.417 e. The Labute approximate surface area is 211 Å². The molecule has 0 radical (unpaired) electrons. The maximum absolute atomic E-state index is 13.2. The number of carbonyl (C=O) groups is 1. The van der Waals surface area contributed by atoms with Crippen LogP contribution in [-0.2, 0) is 10.9 Å². The molecule has 1 saturated heterocycles. The molecule has 4 rings (SSSR count). The largest absolute Gasteiger partial charge is 0.477 e. The number of hydrogen-bond acceptors (Lipinski definition) is 6. The molecule has 0 atom stereocenters. The van der Waals surface area contributed by atoms with Crippen LogP contribution in [-0.4, -0.2) is 40.9 Å². The van der Waals surface area contributed by atoms with Crippen LogP contribution in [0.15, 0.2) is 36.5 Å². The highest BCUT2D eigenvalue weighted by molar-refractivity contribution is 6.31. The molecule has 0 aliphatic carbocycles. The fourth-order valence-corrected chi connectivity index (χ4v) is 4.24. The van der Waals surface area contributed by atoms with Gasteiger partial charge in [-0.1, -0.05) is 17.7 Å². The fourth-order valence-electron chi connectivity index (χ4n) is 4.03. The Kier molecular flexibility index (Phi) is 7.75. The van der Waals surface area contributed by atoms with Gasteiger partial charge < -0.3 is 14.8 Å². The summed E-state index contributed by atoms with van der Waals surface area (Å²) in [6, 6.07) is 7.71. The first-order valence-electron chi connectivity index (χ1n) is 11.4. The number of benzene rings is 1. The Balaban J connectivity index is 1.64. The highest BCUT2D eigenvalue weighted by atomic mass is 35.5. The summed E-state index contributed by atoms with van der Waals surface area (Å²) in [4.78, 5) is 16.4. The number of alkyl halides is 3. The second-order valence-electron chi connectivity index (χ2n) is 8.34. The monoisotopic (exact) mass is 520 g/mol. The molecule has 36 heavy (non-hydrogen) atoms. The fraction of sp³-hybridized carbons (Fsp3) is 0.360. The van der Waals surface area contributed by atoms with Crippen molar-refractivity contribution in [3.63, 3.8) is 0 Å². The molecule has 0 saturated carbocycles. The number of pyridine rings is 1. The number of nitrogens with zero attached hydrogens (tertiary/aromatic N) is 3. The third kappa shape index (κ3) is 5.76. The molecule has 0 bridgehead atoms. The van der Waals surface area contributed by atoms with Gasteiger partial charge in [0.15, 0.2) is 0 Å². The summed E-state index contributed by atoms with van der Waals surface area (Å²) in [7, 11) is 0. The number of anilines is 1. The van der Waals surface area contributed by atoms with Gasteiger partial charge in [-0.15, -0.1) is 10.2 Å². The first-order valence-corrected chi connectivity index (χ1v) is 11.8. The van der Waals surface area contributed by atoms with Gasteiger partial charge in [-0.2, -0.15) is 13.2 Å². The Hall–Kier alpha value is -3.24. The summed E-state index contributed by atoms with van der Waals surface area (Å²) in [5.41, 5.74) is 1.98. The molecule has 190 valence electrons. The normalized spacial score (nSPS) is 14.5. The standard InChI is InChI=1S/C25H24ClF3N4O3/c1-3-36-24-18(15-6-8-35-9-7-15)11-21(32-33-24)17-10-16(5-4-14(17)2)31-23(34)22-12-19(25(27,28)29)20(26)13-30-22/h4-5,10-13,15H,3,6-9H2,1-2H3,(H,31,34). The average Bonchev–Trinajstić information content (AvgIpc) is 2.86. The Morgan fingerprint density at radius 2 is 1.94 bits per heavy atom. The molecule has 2 aromatic heterocycles. The maximum atomic E-state index is 13.2. The zero-order valence-corrected chi connectivity index (χ0v) is 20.4. The van der Waals surface area contributed by atoms with Crippen molar-refractivity contribution in [3.05, 3.63) is 63.9 Å². The van der Waals surface area contributed by atoms with E-state index < -0.39 is 28.4 Å². The molecular formula is C25H24ClF3N4O3. The van der Waals surface area contributed by atoms with Gasteiger partial charge in [0.05, 0.1) is 22.9 Å². The van der Waals surface area contributed by atoms with Crippen LogP contribution in [0.3, 0.4) is 0 Å². The number of ether oxygens (including phenoxy) is 2. The lowest BCUT2D eigenvalue weighted by Crippen LogP contribution is -2.16. The summed E-state index contributed by atoms with van der Waals surface area (Å²) in [5, 5.41) is 10.7. The smallest absolute Gasteiger partial charge is 0.417 e. The van der Waals surface area contributed by atoms with E-state index in [-0.39, 0.29) is 5.92 Å². The number of halogens is 4. The lowest BCUT2D eigenvalue weighted by molar-refractivity contribution is -0.137. The molecular weight excluding hydrogens is 497 g/mol. The number of rotatable bonds is 6. The zero-order valence-electron chi connectivity index (χ0n) is 19.7. The van der Waals surface area contributed by atoms with Crippen molar-refractivity contribution < 1.29 is 27.4 Å². The van der Waals surface area contributed by atoms with Crippen LogP contribution in [0.1, 0.15) is 52.9 Å². The van der Waals surface area contributed by atoms with E-state index in [1.807, 2.05) is 19.9 Å². The van der Waals surface area contributed by atoms with Crippen LogP contribution in [0, 0.1) is 6.92 Å². The summed E-state index contributed by atoms with van der Waals surface area (Å²) < 4.78 is 50.7. The van der Waals surface area contributed by atoms with Crippen molar-refractivity contribution in [1.82, 2.24) is 15.2 Å². The minimum atomic E-state index is -4.71. The number of carbonyl (C=O) groups excluding carboxylic acids is 1. The van der Waals surface area contributed by atoms with Crippen molar-refractivity contribution in [2.45, 2.75) is 38.8 Å². The second-order valence-corrected chi connectivity index (χ2v) is 8.75. The minimum absolute atomic E-state index is 0.219. The molecule has 3 heterocycles. The minimum Gasteiger partial charge on any atom is -0.477 e. The van der Waals surface area contributed by atoms with Crippen molar-refractivity contribution in [2.24, 2.45) is 0 Å². The Morgan fingerprint density at radius 1 is 1.19 bits per heavy atom. The SMILES string of the molecule is CCOc1nnc(-c2cc(NC(=O)c3cc(C(F)(F)F)c(Cl)cn3)ccc2C)cc1C1CCOCC1. The first-order chi connectivity index (χ1) is 17.2. The molecule has 1 amide bonds. The second kappa shape index (κ2) is 10.8. The van der Waals surface area contributed by atoms with E-state index >= 15 is 0 Å². The summed E-state index contributed by atoms with van der Waals surface area (Å²) in [6.07, 6.45) is -2.21. The lowest BCUT2D eigenvalue weighted by atomic mass is 9.91. The molecule has 0 spiro atoms. The molecule has 7 nitrogen and oxygen atoms in total. The molecule has 11 heteroatoms. The number of nitrogens with one attached hydrogen (secondary N) is 1. The highest BCUT2D eigenvalue weighted by Crippen LogP contribution is 2.36. The van der Waals surface area contributed by atoms with Crippen LogP contribution in [0.25, 0.3) is 11.3 Å². The molecule has 1 aliphatic heterocycles. The van der Waals surface area contributed by atoms with Gasteiger partial charge in [0, 0.05) is 36.2 Å². The van der Waals surface area contributed by atoms with Gasteiger partial charge in [0.1, 0.15) is 5.69 Å². The van der Waals surface area contributed by atoms with Gasteiger partial charge in [-0.25, -0.2) is 4.98 Å². The predicted octanol–water partition coefficient (Wildman–Crippen LogP) is 6.06. The molecule has 1 fully saturated rings. The molecule has 1 aromatic carbocycles. The third-order valence-electron chi connectivity index (χ3n) is 5.89. The van der Waals surface area contributed by atoms with Gasteiger partial charge in [-0.3, -0.25) is 4.79 Å². The first kappa shape index (κ1) is 25.8. The van der Waals surface area contributed by atoms with Gasteiger partial charge >= 0.3 is 6.18 Å². The van der Waals surface area contributed by atoms with E-state index in [1.165, 1.54) is 0 Å². The van der Waals surface area contributed by atoms with E-state index in [9.17, 15) is 18.0 Å². The highest BCUT2D eigenvalue weighted by Gasteiger charge is 2.34. The van der Waals surface area contributed by atoms with Gasteiger partial charge in [0.25, 0.3) is 5.91 Å². The van der Waals surface area contributed by atoms with E-state index in [4.69, 9.17) is 21.1 Å². The number of aryl methyl sites for hydroxylation is 1. The van der Waals surface area contributed by atoms with Crippen molar-refractivity contribution >= 4 is 23.2 Å². The summed E-state index contributed by atoms with van der Waals surface area (Å²) >= 11 is 5.61. The van der Waals surface area contributed by atoms with E-state index in [0.717, 1.165) is 35.7 Å². The van der Waals surface area contributed by atoms with Crippen molar-refractivity contribution in [2.75, 3.05) is 25.1 Å². The quantitative estimate of drug-likeness (QED) is 0.425. The number of amides is 1. The lowest BCUT2D eigenvalue weighted by Gasteiger charge is -2.24. The molecule has 1 aliphatic rings. The van der Waals surface area contributed by atoms with Crippen LogP contribution >= 0.6 is 11.6 Å². The van der Waals surface area contributed by atoms with Crippen LogP contribution < -0.4 is 10.1 Å². The van der Waals surface area contributed by atoms with Gasteiger partial charge in [0.2, 0.25) is 5.88 Å². The topological polar surface area (TPSA) is 86.2 Å².